The first-order valence-electron chi connectivity index (χ1n) is 5.71. The average Bonchev–Trinajstić information content (AvgIpc) is 2.27. The zero-order chi connectivity index (χ0) is 12.8. The maximum absolute atomic E-state index is 11.7. The molecule has 1 amide bonds. The molecule has 1 aromatic rings. The van der Waals surface area contributed by atoms with E-state index in [1.807, 2.05) is 0 Å². The molecule has 1 rings (SSSR count). The van der Waals surface area contributed by atoms with Gasteiger partial charge in [-0.15, -0.1) is 0 Å². The van der Waals surface area contributed by atoms with E-state index in [0.29, 0.717) is 17.4 Å². The Labute approximate surface area is 102 Å². The summed E-state index contributed by atoms with van der Waals surface area (Å²) in [4.78, 5) is 13.4. The molecule has 94 valence electrons. The summed E-state index contributed by atoms with van der Waals surface area (Å²) in [5.41, 5.74) is 6.24. The summed E-state index contributed by atoms with van der Waals surface area (Å²) >= 11 is 0. The normalized spacial score (nSPS) is 10.4. The molecule has 0 bridgehead atoms. The van der Waals surface area contributed by atoms with Crippen LogP contribution in [0.4, 0.5) is 5.69 Å². The van der Waals surface area contributed by atoms with Crippen molar-refractivity contribution in [1.82, 2.24) is 4.90 Å². The van der Waals surface area contributed by atoms with Crippen LogP contribution in [0.3, 0.4) is 0 Å². The predicted octanol–water partition coefficient (Wildman–Crippen LogP) is 1.76. The van der Waals surface area contributed by atoms with Crippen LogP contribution < -0.4 is 10.5 Å². The number of hydrogen-bond donors (Lipinski definition) is 1. The molecule has 0 aliphatic carbocycles. The van der Waals surface area contributed by atoms with Crippen molar-refractivity contribution in [2.24, 2.45) is 5.92 Å². The summed E-state index contributed by atoms with van der Waals surface area (Å²) < 4.78 is 5.38. The third kappa shape index (κ3) is 4.76. The van der Waals surface area contributed by atoms with Crippen LogP contribution in [0.5, 0.6) is 5.75 Å². The largest absolute Gasteiger partial charge is 0.484 e. The molecule has 0 aliphatic rings. The molecule has 0 saturated carbocycles. The summed E-state index contributed by atoms with van der Waals surface area (Å²) in [6, 6.07) is 7.01. The molecule has 4 nitrogen and oxygen atoms in total. The van der Waals surface area contributed by atoms with Gasteiger partial charge in [0.25, 0.3) is 5.91 Å². The Balaban J connectivity index is 2.40. The molecule has 0 unspecified atom stereocenters. The summed E-state index contributed by atoms with van der Waals surface area (Å²) in [6.07, 6.45) is 0. The molecule has 0 radical (unpaired) electrons. The molecular weight excluding hydrogens is 216 g/mol. The first-order chi connectivity index (χ1) is 7.99. The number of likely N-dealkylation sites (N-methyl/N-ethyl adjacent to an activating group) is 1. The highest BCUT2D eigenvalue weighted by Gasteiger charge is 2.10. The van der Waals surface area contributed by atoms with Gasteiger partial charge in [-0.25, -0.2) is 0 Å². The number of nitrogens with two attached hydrogens (primary N) is 1. The van der Waals surface area contributed by atoms with Gasteiger partial charge in [-0.3, -0.25) is 4.79 Å². The molecule has 1 aromatic carbocycles. The molecule has 0 fully saturated rings. The molecule has 0 atom stereocenters. The lowest BCUT2D eigenvalue weighted by atomic mass is 10.2. The van der Waals surface area contributed by atoms with Crippen molar-refractivity contribution in [2.45, 2.75) is 13.8 Å². The minimum absolute atomic E-state index is 0.0180. The second-order valence-electron chi connectivity index (χ2n) is 4.53. The van der Waals surface area contributed by atoms with Crippen molar-refractivity contribution >= 4 is 11.6 Å². The molecule has 0 aromatic heterocycles. The molecule has 2 N–H and O–H groups in total. The second-order valence-corrected chi connectivity index (χ2v) is 4.53. The number of anilines is 1. The first kappa shape index (κ1) is 13.4. The highest BCUT2D eigenvalue weighted by Crippen LogP contribution is 2.13. The van der Waals surface area contributed by atoms with E-state index in [9.17, 15) is 4.79 Å². The van der Waals surface area contributed by atoms with Crippen molar-refractivity contribution in [3.05, 3.63) is 24.3 Å². The fourth-order valence-corrected chi connectivity index (χ4v) is 1.47. The highest BCUT2D eigenvalue weighted by atomic mass is 16.5. The molecule has 4 heteroatoms. The van der Waals surface area contributed by atoms with Crippen LogP contribution in [-0.4, -0.2) is 31.0 Å². The van der Waals surface area contributed by atoms with Crippen LogP contribution in [0.2, 0.25) is 0 Å². The lowest BCUT2D eigenvalue weighted by Crippen LogP contribution is -2.34. The van der Waals surface area contributed by atoms with Crippen LogP contribution in [0.15, 0.2) is 24.3 Å². The molecule has 17 heavy (non-hydrogen) atoms. The van der Waals surface area contributed by atoms with Crippen LogP contribution in [0, 0.1) is 5.92 Å². The van der Waals surface area contributed by atoms with Crippen LogP contribution >= 0.6 is 0 Å². The van der Waals surface area contributed by atoms with E-state index in [-0.39, 0.29) is 12.5 Å². The Hall–Kier alpha value is -1.71. The standard InChI is InChI=1S/C13H20N2O2/c1-10(2)8-15(3)13(16)9-17-12-6-4-11(14)5-7-12/h4-7,10H,8-9,14H2,1-3H3. The third-order valence-electron chi connectivity index (χ3n) is 2.31. The van der Waals surface area contributed by atoms with Crippen LogP contribution in [-0.2, 0) is 4.79 Å². The molecular formula is C13H20N2O2. The van der Waals surface area contributed by atoms with Gasteiger partial charge in [-0.1, -0.05) is 13.8 Å². The quantitative estimate of drug-likeness (QED) is 0.793. The van der Waals surface area contributed by atoms with Crippen molar-refractivity contribution in [3.63, 3.8) is 0 Å². The van der Waals surface area contributed by atoms with E-state index in [4.69, 9.17) is 10.5 Å². The third-order valence-corrected chi connectivity index (χ3v) is 2.31. The maximum atomic E-state index is 11.7. The topological polar surface area (TPSA) is 55.6 Å². The van der Waals surface area contributed by atoms with E-state index in [0.717, 1.165) is 6.54 Å². The fourth-order valence-electron chi connectivity index (χ4n) is 1.47. The van der Waals surface area contributed by atoms with Gasteiger partial charge in [0.2, 0.25) is 0 Å². The monoisotopic (exact) mass is 236 g/mol. The molecule has 0 aliphatic heterocycles. The number of carbonyl (C=O) groups is 1. The molecule has 0 saturated heterocycles. The minimum atomic E-state index is -0.0180. The second kappa shape index (κ2) is 6.13. The van der Waals surface area contributed by atoms with Crippen LogP contribution in [0.1, 0.15) is 13.8 Å². The molecule has 0 heterocycles. The lowest BCUT2D eigenvalue weighted by Gasteiger charge is -2.19. The maximum Gasteiger partial charge on any atom is 0.260 e. The van der Waals surface area contributed by atoms with E-state index < -0.39 is 0 Å². The van der Waals surface area contributed by atoms with E-state index in [2.05, 4.69) is 13.8 Å². The number of nitrogen functional groups attached to an aromatic ring is 1. The minimum Gasteiger partial charge on any atom is -0.484 e. The Kier molecular flexibility index (Phi) is 4.82. The zero-order valence-electron chi connectivity index (χ0n) is 10.6. The number of amides is 1. The Morgan fingerprint density at radius 2 is 1.94 bits per heavy atom. The summed E-state index contributed by atoms with van der Waals surface area (Å²) in [5, 5.41) is 0. The number of benzene rings is 1. The van der Waals surface area contributed by atoms with Crippen molar-refractivity contribution in [1.29, 1.82) is 0 Å². The number of rotatable bonds is 5. The Bertz CT molecular complexity index is 360. The summed E-state index contributed by atoms with van der Waals surface area (Å²) in [7, 11) is 1.79. The van der Waals surface area contributed by atoms with Gasteiger partial charge in [0, 0.05) is 19.3 Å². The van der Waals surface area contributed by atoms with Gasteiger partial charge >= 0.3 is 0 Å². The summed E-state index contributed by atoms with van der Waals surface area (Å²) in [6.45, 7) is 4.95. The van der Waals surface area contributed by atoms with Gasteiger partial charge in [0.15, 0.2) is 6.61 Å². The van der Waals surface area contributed by atoms with Gasteiger partial charge < -0.3 is 15.4 Å². The average molecular weight is 236 g/mol. The van der Waals surface area contributed by atoms with E-state index >= 15 is 0 Å². The van der Waals surface area contributed by atoms with Crippen molar-refractivity contribution in [3.8, 4) is 5.75 Å². The van der Waals surface area contributed by atoms with E-state index in [1.165, 1.54) is 0 Å². The van der Waals surface area contributed by atoms with Gasteiger partial charge in [-0.2, -0.15) is 0 Å². The first-order valence-corrected chi connectivity index (χ1v) is 5.71. The lowest BCUT2D eigenvalue weighted by molar-refractivity contribution is -0.132. The number of hydrogen-bond acceptors (Lipinski definition) is 3. The summed E-state index contributed by atoms with van der Waals surface area (Å²) in [5.74, 6) is 1.10. The number of carbonyl (C=O) groups excluding carboxylic acids is 1. The zero-order valence-corrected chi connectivity index (χ0v) is 10.6. The van der Waals surface area contributed by atoms with Crippen LogP contribution in [0.25, 0.3) is 0 Å². The van der Waals surface area contributed by atoms with Gasteiger partial charge in [0.05, 0.1) is 0 Å². The molecule has 0 spiro atoms. The number of nitrogens with zero attached hydrogens (tertiary/aromatic N) is 1. The Morgan fingerprint density at radius 3 is 2.47 bits per heavy atom. The van der Waals surface area contributed by atoms with Crippen molar-refractivity contribution < 1.29 is 9.53 Å². The smallest absolute Gasteiger partial charge is 0.260 e. The highest BCUT2D eigenvalue weighted by molar-refractivity contribution is 5.77. The fraction of sp³-hybridized carbons (Fsp3) is 0.462. The van der Waals surface area contributed by atoms with E-state index in [1.54, 1.807) is 36.2 Å². The number of ether oxygens (including phenoxy) is 1. The SMILES string of the molecule is CC(C)CN(C)C(=O)COc1ccc(N)cc1. The Morgan fingerprint density at radius 1 is 1.35 bits per heavy atom. The van der Waals surface area contributed by atoms with Crippen molar-refractivity contribution in [2.75, 3.05) is 25.9 Å². The predicted molar refractivity (Wildman–Crippen MR) is 68.8 cm³/mol. The van der Waals surface area contributed by atoms with Gasteiger partial charge in [-0.05, 0) is 30.2 Å². The van der Waals surface area contributed by atoms with Gasteiger partial charge in [0.1, 0.15) is 5.75 Å².